The summed E-state index contributed by atoms with van der Waals surface area (Å²) < 4.78 is 1.40. The number of rotatable bonds is 1. The fraction of sp³-hybridized carbons (Fsp3) is 0.167. The minimum absolute atomic E-state index is 0.0160. The number of hydrogen-bond donors (Lipinski definition) is 1. The number of Topliss-reactive ketones (excluding diaryl/α,β-unsaturated/α-hetero) is 1. The van der Waals surface area contributed by atoms with Gasteiger partial charge in [0.05, 0.1) is 11.2 Å². The molecular formula is C12H11ClN2O2. The molecule has 5 heteroatoms. The Morgan fingerprint density at radius 2 is 2.06 bits per heavy atom. The van der Waals surface area contributed by atoms with Crippen molar-refractivity contribution in [3.8, 4) is 0 Å². The zero-order valence-corrected chi connectivity index (χ0v) is 10.2. The molecule has 0 amide bonds. The molecule has 0 saturated carbocycles. The molecule has 0 unspecified atom stereocenters. The Kier molecular flexibility index (Phi) is 2.67. The van der Waals surface area contributed by atoms with E-state index in [1.54, 1.807) is 25.2 Å². The number of nitrogens with zero attached hydrogens (tertiary/aromatic N) is 1. The number of aryl methyl sites for hydroxylation is 1. The summed E-state index contributed by atoms with van der Waals surface area (Å²) >= 11 is 5.89. The SMILES string of the molecule is CC(=O)c1c(N)c2cc(Cl)ccc2n(C)c1=O. The van der Waals surface area contributed by atoms with Gasteiger partial charge in [-0.25, -0.2) is 0 Å². The number of carbonyl (C=O) groups is 1. The number of carbonyl (C=O) groups excluding carboxylic acids is 1. The van der Waals surface area contributed by atoms with Crippen LogP contribution >= 0.6 is 11.6 Å². The minimum Gasteiger partial charge on any atom is -0.397 e. The third-order valence-electron chi connectivity index (χ3n) is 2.75. The Balaban J connectivity index is 3.06. The predicted molar refractivity (Wildman–Crippen MR) is 68.6 cm³/mol. The molecular weight excluding hydrogens is 240 g/mol. The second-order valence-corrected chi connectivity index (χ2v) is 4.31. The van der Waals surface area contributed by atoms with Gasteiger partial charge in [0.25, 0.3) is 5.56 Å². The molecule has 0 spiro atoms. The zero-order chi connectivity index (χ0) is 12.7. The van der Waals surface area contributed by atoms with Crippen molar-refractivity contribution in [1.82, 2.24) is 4.57 Å². The summed E-state index contributed by atoms with van der Waals surface area (Å²) in [5, 5.41) is 1.13. The van der Waals surface area contributed by atoms with Crippen LogP contribution in [0.1, 0.15) is 17.3 Å². The zero-order valence-electron chi connectivity index (χ0n) is 9.45. The highest BCUT2D eigenvalue weighted by Gasteiger charge is 2.16. The number of benzene rings is 1. The van der Waals surface area contributed by atoms with Gasteiger partial charge >= 0.3 is 0 Å². The number of pyridine rings is 1. The smallest absolute Gasteiger partial charge is 0.263 e. The molecule has 0 saturated heterocycles. The molecule has 0 aliphatic carbocycles. The lowest BCUT2D eigenvalue weighted by atomic mass is 10.1. The van der Waals surface area contributed by atoms with Crippen molar-refractivity contribution < 1.29 is 4.79 Å². The predicted octanol–water partition coefficient (Wildman–Crippen LogP) is 1.98. The monoisotopic (exact) mass is 250 g/mol. The van der Waals surface area contributed by atoms with Crippen LogP contribution in [0.4, 0.5) is 5.69 Å². The summed E-state index contributed by atoms with van der Waals surface area (Å²) in [5.41, 5.74) is 6.34. The quantitative estimate of drug-likeness (QED) is 0.787. The van der Waals surface area contributed by atoms with Gasteiger partial charge in [-0.1, -0.05) is 11.6 Å². The van der Waals surface area contributed by atoms with Crippen molar-refractivity contribution in [2.24, 2.45) is 7.05 Å². The maximum atomic E-state index is 12.0. The number of ketones is 1. The van der Waals surface area contributed by atoms with Gasteiger partial charge in [0.2, 0.25) is 0 Å². The standard InChI is InChI=1S/C12H11ClN2O2/c1-6(16)10-11(14)8-5-7(13)3-4-9(8)15(2)12(10)17/h3-5H,14H2,1-2H3. The molecule has 2 rings (SSSR count). The van der Waals surface area contributed by atoms with Gasteiger partial charge < -0.3 is 10.3 Å². The van der Waals surface area contributed by atoms with Gasteiger partial charge in [-0.3, -0.25) is 9.59 Å². The molecule has 2 aromatic rings. The molecule has 1 aromatic carbocycles. The first-order chi connectivity index (χ1) is 7.93. The number of fused-ring (bicyclic) bond motifs is 1. The van der Waals surface area contributed by atoms with Crippen molar-refractivity contribution in [2.45, 2.75) is 6.92 Å². The van der Waals surface area contributed by atoms with Gasteiger partial charge in [-0.2, -0.15) is 0 Å². The van der Waals surface area contributed by atoms with Gasteiger partial charge in [0.15, 0.2) is 5.78 Å². The van der Waals surface area contributed by atoms with Crippen LogP contribution in [-0.4, -0.2) is 10.4 Å². The number of nitrogens with two attached hydrogens (primary N) is 1. The molecule has 1 heterocycles. The van der Waals surface area contributed by atoms with Crippen molar-refractivity contribution in [2.75, 3.05) is 5.73 Å². The van der Waals surface area contributed by atoms with Crippen LogP contribution in [0.3, 0.4) is 0 Å². The largest absolute Gasteiger partial charge is 0.397 e. The molecule has 88 valence electrons. The van der Waals surface area contributed by atoms with E-state index in [0.29, 0.717) is 15.9 Å². The molecule has 0 fully saturated rings. The first-order valence-corrected chi connectivity index (χ1v) is 5.40. The van der Waals surface area contributed by atoms with Crippen molar-refractivity contribution in [3.05, 3.63) is 39.1 Å². The van der Waals surface area contributed by atoms with Crippen LogP contribution in [-0.2, 0) is 7.05 Å². The molecule has 0 atom stereocenters. The lowest BCUT2D eigenvalue weighted by Gasteiger charge is -2.11. The Bertz CT molecular complexity index is 689. The molecule has 2 N–H and O–H groups in total. The number of hydrogen-bond acceptors (Lipinski definition) is 3. The Morgan fingerprint density at radius 1 is 1.41 bits per heavy atom. The first-order valence-electron chi connectivity index (χ1n) is 5.02. The van der Waals surface area contributed by atoms with Crippen LogP contribution in [0.5, 0.6) is 0 Å². The summed E-state index contributed by atoms with van der Waals surface area (Å²) in [6.45, 7) is 1.32. The van der Waals surface area contributed by atoms with Gasteiger partial charge in [-0.15, -0.1) is 0 Å². The van der Waals surface area contributed by atoms with Crippen LogP contribution in [0.2, 0.25) is 5.02 Å². The molecule has 0 radical (unpaired) electrons. The second kappa shape index (κ2) is 3.89. The third kappa shape index (κ3) is 1.70. The van der Waals surface area contributed by atoms with Gasteiger partial charge in [0, 0.05) is 17.5 Å². The topological polar surface area (TPSA) is 65.1 Å². The Labute approximate surface area is 103 Å². The maximum Gasteiger partial charge on any atom is 0.263 e. The van der Waals surface area contributed by atoms with Crippen molar-refractivity contribution in [1.29, 1.82) is 0 Å². The summed E-state index contributed by atoms with van der Waals surface area (Å²) in [7, 11) is 1.60. The molecule has 0 aliphatic rings. The second-order valence-electron chi connectivity index (χ2n) is 3.87. The highest BCUT2D eigenvalue weighted by molar-refractivity contribution is 6.31. The average molecular weight is 251 g/mol. The normalized spacial score (nSPS) is 10.8. The number of aromatic nitrogens is 1. The van der Waals surface area contributed by atoms with E-state index in [-0.39, 0.29) is 22.6 Å². The molecule has 17 heavy (non-hydrogen) atoms. The summed E-state index contributed by atoms with van der Waals surface area (Å²) in [6.07, 6.45) is 0. The highest BCUT2D eigenvalue weighted by Crippen LogP contribution is 2.25. The fourth-order valence-electron chi connectivity index (χ4n) is 1.88. The van der Waals surface area contributed by atoms with Crippen molar-refractivity contribution >= 4 is 34.0 Å². The first kappa shape index (κ1) is 11.7. The number of anilines is 1. The lowest BCUT2D eigenvalue weighted by molar-refractivity contribution is 0.101. The van der Waals surface area contributed by atoms with Crippen LogP contribution in [0.25, 0.3) is 10.9 Å². The third-order valence-corrected chi connectivity index (χ3v) is 2.99. The number of nitrogen functional groups attached to an aromatic ring is 1. The molecule has 4 nitrogen and oxygen atoms in total. The molecule has 0 bridgehead atoms. The Morgan fingerprint density at radius 3 is 2.65 bits per heavy atom. The maximum absolute atomic E-state index is 12.0. The van der Waals surface area contributed by atoms with Gasteiger partial charge in [-0.05, 0) is 25.1 Å². The summed E-state index contributed by atoms with van der Waals surface area (Å²) in [6, 6.07) is 5.04. The van der Waals surface area contributed by atoms with Crippen LogP contribution in [0, 0.1) is 0 Å². The molecule has 1 aromatic heterocycles. The van der Waals surface area contributed by atoms with Crippen molar-refractivity contribution in [3.63, 3.8) is 0 Å². The van der Waals surface area contributed by atoms with E-state index in [1.165, 1.54) is 11.5 Å². The van der Waals surface area contributed by atoms with Crippen LogP contribution < -0.4 is 11.3 Å². The summed E-state index contributed by atoms with van der Waals surface area (Å²) in [4.78, 5) is 23.4. The lowest BCUT2D eigenvalue weighted by Crippen LogP contribution is -2.25. The number of halogens is 1. The van der Waals surface area contributed by atoms with E-state index < -0.39 is 0 Å². The minimum atomic E-state index is -0.384. The summed E-state index contributed by atoms with van der Waals surface area (Å²) in [5.74, 6) is -0.343. The Hall–Kier alpha value is -1.81. The van der Waals surface area contributed by atoms with Crippen LogP contribution in [0.15, 0.2) is 23.0 Å². The van der Waals surface area contributed by atoms with E-state index in [4.69, 9.17) is 17.3 Å². The molecule has 0 aliphatic heterocycles. The highest BCUT2D eigenvalue weighted by atomic mass is 35.5. The van der Waals surface area contributed by atoms with Gasteiger partial charge in [0.1, 0.15) is 5.56 Å². The van der Waals surface area contributed by atoms with E-state index in [9.17, 15) is 9.59 Å². The average Bonchev–Trinajstić information content (AvgIpc) is 2.26. The fourth-order valence-corrected chi connectivity index (χ4v) is 2.06. The van der Waals surface area contributed by atoms with E-state index >= 15 is 0 Å². The van der Waals surface area contributed by atoms with E-state index in [1.807, 2.05) is 0 Å². The van der Waals surface area contributed by atoms with E-state index in [0.717, 1.165) is 0 Å². The van der Waals surface area contributed by atoms with E-state index in [2.05, 4.69) is 0 Å².